The highest BCUT2D eigenvalue weighted by Gasteiger charge is 2.43. The molecule has 0 aliphatic carbocycles. The highest BCUT2D eigenvalue weighted by Crippen LogP contribution is 1.98. The first-order valence-electron chi connectivity index (χ1n) is 3.33. The first-order chi connectivity index (χ1) is 5.86. The van der Waals surface area contributed by atoms with Crippen molar-refractivity contribution in [3.63, 3.8) is 0 Å². The summed E-state index contributed by atoms with van der Waals surface area (Å²) >= 11 is 0. The molecule has 0 rings (SSSR count). The summed E-state index contributed by atoms with van der Waals surface area (Å²) in [7, 11) is 0. The molecule has 0 bridgehead atoms. The Morgan fingerprint density at radius 1 is 1.23 bits per heavy atom. The second kappa shape index (κ2) is 4.33. The van der Waals surface area contributed by atoms with Crippen LogP contribution in [0.1, 0.15) is 13.8 Å². The van der Waals surface area contributed by atoms with Gasteiger partial charge in [-0.05, 0) is 13.8 Å². The van der Waals surface area contributed by atoms with Crippen LogP contribution in [0.4, 0.5) is 0 Å². The Bertz CT molecular complexity index is 223. The van der Waals surface area contributed by atoms with Crippen molar-refractivity contribution in [2.24, 2.45) is 0 Å². The maximum atomic E-state index is 10.7. The van der Waals surface area contributed by atoms with E-state index in [-0.39, 0.29) is 0 Å². The van der Waals surface area contributed by atoms with Crippen LogP contribution in [0.3, 0.4) is 0 Å². The Hall–Kier alpha value is -1.73. The second-order valence-electron chi connectivity index (χ2n) is 2.43. The van der Waals surface area contributed by atoms with Gasteiger partial charge in [0, 0.05) is 0 Å². The van der Waals surface area contributed by atoms with E-state index in [4.69, 9.17) is 0 Å². The molecule has 0 fully saturated rings. The van der Waals surface area contributed by atoms with Gasteiger partial charge in [0.05, 0.1) is 6.10 Å². The fourth-order valence-electron chi connectivity index (χ4n) is 0.542. The molecule has 0 saturated heterocycles. The average Bonchev–Trinajstić information content (AvgIpc) is 1.81. The molecule has 0 N–H and O–H groups in total. The van der Waals surface area contributed by atoms with Gasteiger partial charge in [0.15, 0.2) is 0 Å². The van der Waals surface area contributed by atoms with Gasteiger partial charge in [-0.25, -0.2) is 4.79 Å². The number of carbonyl (C=O) groups excluding carboxylic acids is 1. The summed E-state index contributed by atoms with van der Waals surface area (Å²) in [4.78, 5) is 28.2. The fourth-order valence-corrected chi connectivity index (χ4v) is 0.542. The maximum absolute atomic E-state index is 10.7. The molecule has 0 unspecified atom stereocenters. The van der Waals surface area contributed by atoms with Crippen molar-refractivity contribution < 1.29 is 19.4 Å². The van der Waals surface area contributed by atoms with E-state index in [0.29, 0.717) is 0 Å². The minimum absolute atomic E-state index is 0.616. The zero-order valence-corrected chi connectivity index (χ0v) is 7.00. The highest BCUT2D eigenvalue weighted by atomic mass is 16.7. The van der Waals surface area contributed by atoms with Crippen molar-refractivity contribution in [3.05, 3.63) is 20.2 Å². The lowest BCUT2D eigenvalue weighted by molar-refractivity contribution is -0.725. The predicted molar refractivity (Wildman–Crippen MR) is 39.0 cm³/mol. The van der Waals surface area contributed by atoms with Crippen LogP contribution in [0.5, 0.6) is 0 Å². The summed E-state index contributed by atoms with van der Waals surface area (Å²) in [5, 5.41) is 20.1. The van der Waals surface area contributed by atoms with Crippen molar-refractivity contribution in [2.75, 3.05) is 0 Å². The maximum Gasteiger partial charge on any atom is 0.545 e. The van der Waals surface area contributed by atoms with Gasteiger partial charge in [-0.3, -0.25) is 20.2 Å². The number of hydrogen-bond acceptors (Lipinski definition) is 6. The lowest BCUT2D eigenvalue weighted by atomic mass is 10.4. The van der Waals surface area contributed by atoms with Crippen LogP contribution in [0.25, 0.3) is 0 Å². The van der Waals surface area contributed by atoms with Crippen LogP contribution in [0.15, 0.2) is 0 Å². The Morgan fingerprint density at radius 2 is 1.62 bits per heavy atom. The third-order valence-corrected chi connectivity index (χ3v) is 0.962. The highest BCUT2D eigenvalue weighted by molar-refractivity contribution is 5.72. The molecule has 0 aromatic carbocycles. The standard InChI is InChI=1S/C5H8N2O6/c1-3(2)13-5(8)4(6(9)10)7(11)12/h3-4H,1-2H3. The molecule has 13 heavy (non-hydrogen) atoms. The third-order valence-electron chi connectivity index (χ3n) is 0.962. The normalized spacial score (nSPS) is 10.2. The number of hydrogen-bond donors (Lipinski definition) is 0. The van der Waals surface area contributed by atoms with Crippen LogP contribution >= 0.6 is 0 Å². The lowest BCUT2D eigenvalue weighted by Crippen LogP contribution is -2.39. The molecule has 0 aromatic heterocycles. The summed E-state index contributed by atoms with van der Waals surface area (Å²) in [6, 6.07) is 0. The van der Waals surface area contributed by atoms with Gasteiger partial charge < -0.3 is 4.74 Å². The summed E-state index contributed by atoms with van der Waals surface area (Å²) in [6.45, 7) is 2.88. The van der Waals surface area contributed by atoms with Gasteiger partial charge in [-0.2, -0.15) is 0 Å². The van der Waals surface area contributed by atoms with Crippen molar-refractivity contribution >= 4 is 5.97 Å². The summed E-state index contributed by atoms with van der Waals surface area (Å²) < 4.78 is 4.31. The molecule has 0 spiro atoms. The Labute approximate surface area is 72.8 Å². The predicted octanol–water partition coefficient (Wildman–Crippen LogP) is -0.182. The molecular formula is C5H8N2O6. The van der Waals surface area contributed by atoms with E-state index >= 15 is 0 Å². The van der Waals surface area contributed by atoms with Gasteiger partial charge in [0.1, 0.15) is 9.85 Å². The number of carbonyl (C=O) groups is 1. The summed E-state index contributed by atoms with van der Waals surface area (Å²) in [5.74, 6) is -1.45. The topological polar surface area (TPSA) is 113 Å². The largest absolute Gasteiger partial charge is 0.545 e. The number of nitrogens with zero attached hydrogens (tertiary/aromatic N) is 2. The Morgan fingerprint density at radius 3 is 1.85 bits per heavy atom. The van der Waals surface area contributed by atoms with Crippen LogP contribution in [-0.2, 0) is 9.53 Å². The minimum Gasteiger partial charge on any atom is -0.452 e. The van der Waals surface area contributed by atoms with E-state index < -0.39 is 28.1 Å². The van der Waals surface area contributed by atoms with Gasteiger partial charge in [-0.15, -0.1) is 0 Å². The Kier molecular flexibility index (Phi) is 3.76. The van der Waals surface area contributed by atoms with Gasteiger partial charge >= 0.3 is 12.1 Å². The molecule has 0 aliphatic heterocycles. The molecule has 8 nitrogen and oxygen atoms in total. The molecule has 0 saturated carbocycles. The van der Waals surface area contributed by atoms with Crippen LogP contribution in [0.2, 0.25) is 0 Å². The van der Waals surface area contributed by atoms with Gasteiger partial charge in [-0.1, -0.05) is 0 Å². The zero-order chi connectivity index (χ0) is 10.6. The number of ether oxygens (including phenoxy) is 1. The zero-order valence-electron chi connectivity index (χ0n) is 7.00. The third kappa shape index (κ3) is 3.45. The quantitative estimate of drug-likeness (QED) is 0.264. The average molecular weight is 192 g/mol. The fraction of sp³-hybridized carbons (Fsp3) is 0.800. The smallest absolute Gasteiger partial charge is 0.452 e. The lowest BCUT2D eigenvalue weighted by Gasteiger charge is -2.06. The van der Waals surface area contributed by atoms with Crippen LogP contribution in [-0.4, -0.2) is 28.1 Å². The molecule has 74 valence electrons. The first kappa shape index (κ1) is 11.3. The molecule has 0 radical (unpaired) electrons. The minimum atomic E-state index is -2.53. The number of nitro groups is 2. The van der Waals surface area contributed by atoms with Crippen molar-refractivity contribution in [1.82, 2.24) is 0 Å². The van der Waals surface area contributed by atoms with E-state index in [2.05, 4.69) is 4.74 Å². The molecular weight excluding hydrogens is 184 g/mol. The van der Waals surface area contributed by atoms with E-state index in [1.54, 1.807) is 0 Å². The number of rotatable bonds is 4. The SMILES string of the molecule is CC(C)OC(=O)C([N+](=O)[O-])[N+](=O)[O-]. The molecule has 0 amide bonds. The molecule has 0 aliphatic rings. The van der Waals surface area contributed by atoms with E-state index in [9.17, 15) is 25.0 Å². The second-order valence-corrected chi connectivity index (χ2v) is 2.43. The van der Waals surface area contributed by atoms with Gasteiger partial charge in [0.2, 0.25) is 0 Å². The van der Waals surface area contributed by atoms with Crippen molar-refractivity contribution in [2.45, 2.75) is 26.1 Å². The van der Waals surface area contributed by atoms with E-state index in [0.717, 1.165) is 0 Å². The molecule has 0 atom stereocenters. The van der Waals surface area contributed by atoms with E-state index in [1.165, 1.54) is 13.8 Å². The van der Waals surface area contributed by atoms with Crippen molar-refractivity contribution in [1.29, 1.82) is 0 Å². The molecule has 0 heterocycles. The summed E-state index contributed by atoms with van der Waals surface area (Å²) in [6.07, 6.45) is -3.14. The Balaban J connectivity index is 4.48. The monoisotopic (exact) mass is 192 g/mol. The van der Waals surface area contributed by atoms with Crippen molar-refractivity contribution in [3.8, 4) is 0 Å². The van der Waals surface area contributed by atoms with Crippen LogP contribution < -0.4 is 0 Å². The van der Waals surface area contributed by atoms with E-state index in [1.807, 2.05) is 0 Å². The summed E-state index contributed by atoms with van der Waals surface area (Å²) in [5.41, 5.74) is 0. The number of esters is 1. The van der Waals surface area contributed by atoms with Gasteiger partial charge in [0.25, 0.3) is 0 Å². The van der Waals surface area contributed by atoms with Crippen LogP contribution in [0, 0.1) is 20.2 Å². The molecule has 0 aromatic rings. The molecule has 8 heteroatoms. The first-order valence-corrected chi connectivity index (χ1v) is 3.33.